The third-order valence-corrected chi connectivity index (χ3v) is 2.91. The van der Waals surface area contributed by atoms with Crippen molar-refractivity contribution < 1.29 is 9.90 Å². The van der Waals surface area contributed by atoms with Crippen molar-refractivity contribution in [2.24, 2.45) is 0 Å². The second-order valence-electron chi connectivity index (χ2n) is 4.11. The van der Waals surface area contributed by atoms with E-state index >= 15 is 0 Å². The molecule has 0 spiro atoms. The van der Waals surface area contributed by atoms with Gasteiger partial charge in [-0.25, -0.2) is 0 Å². The maximum Gasteiger partial charge on any atom is 0.305 e. The molecule has 0 fully saturated rings. The van der Waals surface area contributed by atoms with E-state index in [1.54, 1.807) is 0 Å². The molecule has 2 aromatic rings. The van der Waals surface area contributed by atoms with E-state index in [4.69, 9.17) is 5.11 Å². The molecule has 3 heteroatoms. The molecular formula is C13H15NO2. The minimum Gasteiger partial charge on any atom is -0.481 e. The summed E-state index contributed by atoms with van der Waals surface area (Å²) in [6.45, 7) is 4.66. The van der Waals surface area contributed by atoms with E-state index in [9.17, 15) is 4.79 Å². The molecule has 0 amide bonds. The van der Waals surface area contributed by atoms with Gasteiger partial charge in [0.05, 0.1) is 11.9 Å². The van der Waals surface area contributed by atoms with Crippen molar-refractivity contribution in [3.05, 3.63) is 35.5 Å². The van der Waals surface area contributed by atoms with Gasteiger partial charge in [-0.05, 0) is 31.0 Å². The summed E-state index contributed by atoms with van der Waals surface area (Å²) in [4.78, 5) is 10.6. The van der Waals surface area contributed by atoms with E-state index < -0.39 is 5.97 Å². The van der Waals surface area contributed by atoms with Gasteiger partial charge in [-0.3, -0.25) is 4.79 Å². The number of carbonyl (C=O) groups is 1. The predicted octanol–water partition coefficient (Wildman–Crippen LogP) is 2.73. The number of carboxylic acid groups (broad SMARTS) is 1. The van der Waals surface area contributed by atoms with E-state index in [1.165, 1.54) is 16.5 Å². The number of aryl methyl sites for hydroxylation is 3. The normalized spacial score (nSPS) is 10.9. The molecule has 0 bridgehead atoms. The van der Waals surface area contributed by atoms with Crippen LogP contribution in [0.4, 0.5) is 0 Å². The Morgan fingerprint density at radius 2 is 1.94 bits per heavy atom. The highest BCUT2D eigenvalue weighted by Crippen LogP contribution is 2.23. The van der Waals surface area contributed by atoms with Gasteiger partial charge in [0.1, 0.15) is 0 Å². The monoisotopic (exact) mass is 217 g/mol. The molecule has 0 aliphatic rings. The van der Waals surface area contributed by atoms with Crippen LogP contribution in [0.5, 0.6) is 0 Å². The zero-order valence-corrected chi connectivity index (χ0v) is 9.53. The van der Waals surface area contributed by atoms with Crippen LogP contribution in [0.3, 0.4) is 0 Å². The Balaban J connectivity index is 2.47. The number of aromatic nitrogens is 1. The Kier molecular flexibility index (Phi) is 2.69. The molecule has 0 saturated heterocycles. The van der Waals surface area contributed by atoms with Crippen molar-refractivity contribution in [2.45, 2.75) is 26.8 Å². The molecule has 1 aromatic heterocycles. The molecule has 0 aliphatic carbocycles. The number of hydrogen-bond donors (Lipinski definition) is 1. The standard InChI is InChI=1S/C13H15NO2/c1-9-3-4-10(2)13-11(9)5-7-14(13)8-6-12(15)16/h3-5,7H,6,8H2,1-2H3,(H,15,16). The molecule has 2 rings (SSSR count). The van der Waals surface area contributed by atoms with Crippen molar-refractivity contribution in [1.82, 2.24) is 4.57 Å². The van der Waals surface area contributed by atoms with Gasteiger partial charge >= 0.3 is 5.97 Å². The Labute approximate surface area is 94.3 Å². The lowest BCUT2D eigenvalue weighted by Crippen LogP contribution is -2.03. The molecule has 0 unspecified atom stereocenters. The molecule has 0 atom stereocenters. The number of hydrogen-bond acceptors (Lipinski definition) is 1. The van der Waals surface area contributed by atoms with Crippen LogP contribution < -0.4 is 0 Å². The second-order valence-corrected chi connectivity index (χ2v) is 4.11. The van der Waals surface area contributed by atoms with E-state index in [1.807, 2.05) is 10.8 Å². The third kappa shape index (κ3) is 1.81. The summed E-state index contributed by atoms with van der Waals surface area (Å²) < 4.78 is 2.02. The van der Waals surface area contributed by atoms with Crippen LogP contribution in [-0.4, -0.2) is 15.6 Å². The first-order chi connectivity index (χ1) is 7.59. The SMILES string of the molecule is Cc1ccc(C)c2c1ccn2CCC(=O)O. The maximum atomic E-state index is 10.6. The van der Waals surface area contributed by atoms with Crippen LogP contribution in [0, 0.1) is 13.8 Å². The molecule has 1 aromatic carbocycles. The van der Waals surface area contributed by atoms with Crippen molar-refractivity contribution in [3.63, 3.8) is 0 Å². The lowest BCUT2D eigenvalue weighted by atomic mass is 10.1. The largest absolute Gasteiger partial charge is 0.481 e. The average molecular weight is 217 g/mol. The fraction of sp³-hybridized carbons (Fsp3) is 0.308. The Morgan fingerprint density at radius 3 is 2.62 bits per heavy atom. The predicted molar refractivity (Wildman–Crippen MR) is 63.7 cm³/mol. The van der Waals surface area contributed by atoms with Crippen LogP contribution >= 0.6 is 0 Å². The topological polar surface area (TPSA) is 42.2 Å². The second kappa shape index (κ2) is 4.00. The average Bonchev–Trinajstić information content (AvgIpc) is 2.65. The first kappa shape index (κ1) is 10.7. The molecule has 3 nitrogen and oxygen atoms in total. The number of nitrogens with zero attached hydrogens (tertiary/aromatic N) is 1. The van der Waals surface area contributed by atoms with Gasteiger partial charge in [0.15, 0.2) is 0 Å². The van der Waals surface area contributed by atoms with Crippen molar-refractivity contribution in [2.75, 3.05) is 0 Å². The number of aliphatic carboxylic acids is 1. The molecule has 0 aliphatic heterocycles. The Hall–Kier alpha value is -1.77. The van der Waals surface area contributed by atoms with Gasteiger partial charge in [-0.2, -0.15) is 0 Å². The van der Waals surface area contributed by atoms with Crippen molar-refractivity contribution in [1.29, 1.82) is 0 Å². The fourth-order valence-electron chi connectivity index (χ4n) is 2.05. The van der Waals surface area contributed by atoms with Crippen LogP contribution in [-0.2, 0) is 11.3 Å². The zero-order chi connectivity index (χ0) is 11.7. The first-order valence-corrected chi connectivity index (χ1v) is 5.36. The van der Waals surface area contributed by atoms with Gasteiger partial charge in [0, 0.05) is 18.1 Å². The number of rotatable bonds is 3. The summed E-state index contributed by atoms with van der Waals surface area (Å²) in [5, 5.41) is 9.91. The summed E-state index contributed by atoms with van der Waals surface area (Å²) in [5.74, 6) is -0.757. The van der Waals surface area contributed by atoms with Gasteiger partial charge in [-0.1, -0.05) is 12.1 Å². The summed E-state index contributed by atoms with van der Waals surface area (Å²) in [6.07, 6.45) is 2.13. The minimum atomic E-state index is -0.757. The molecule has 84 valence electrons. The van der Waals surface area contributed by atoms with E-state index in [0.717, 1.165) is 5.52 Å². The van der Waals surface area contributed by atoms with Crippen LogP contribution in [0.15, 0.2) is 24.4 Å². The molecule has 1 heterocycles. The smallest absolute Gasteiger partial charge is 0.305 e. The van der Waals surface area contributed by atoms with Crippen LogP contribution in [0.2, 0.25) is 0 Å². The van der Waals surface area contributed by atoms with Gasteiger partial charge in [0.25, 0.3) is 0 Å². The fourth-order valence-corrected chi connectivity index (χ4v) is 2.05. The van der Waals surface area contributed by atoms with Crippen LogP contribution in [0.25, 0.3) is 10.9 Å². The number of carboxylic acids is 1. The highest BCUT2D eigenvalue weighted by atomic mass is 16.4. The number of benzene rings is 1. The van der Waals surface area contributed by atoms with E-state index in [2.05, 4.69) is 32.0 Å². The van der Waals surface area contributed by atoms with Gasteiger partial charge in [-0.15, -0.1) is 0 Å². The molecule has 0 radical (unpaired) electrons. The first-order valence-electron chi connectivity index (χ1n) is 5.36. The third-order valence-electron chi connectivity index (χ3n) is 2.91. The van der Waals surface area contributed by atoms with Crippen molar-refractivity contribution >= 4 is 16.9 Å². The molecule has 0 saturated carbocycles. The van der Waals surface area contributed by atoms with Gasteiger partial charge < -0.3 is 9.67 Å². The minimum absolute atomic E-state index is 0.164. The summed E-state index contributed by atoms with van der Waals surface area (Å²) in [6, 6.07) is 6.23. The van der Waals surface area contributed by atoms with Crippen molar-refractivity contribution in [3.8, 4) is 0 Å². The summed E-state index contributed by atoms with van der Waals surface area (Å²) in [7, 11) is 0. The lowest BCUT2D eigenvalue weighted by Gasteiger charge is -2.07. The molecule has 1 N–H and O–H groups in total. The summed E-state index contributed by atoms with van der Waals surface area (Å²) >= 11 is 0. The maximum absolute atomic E-state index is 10.6. The van der Waals surface area contributed by atoms with Gasteiger partial charge in [0.2, 0.25) is 0 Å². The van der Waals surface area contributed by atoms with E-state index in [-0.39, 0.29) is 6.42 Å². The highest BCUT2D eigenvalue weighted by Gasteiger charge is 2.07. The lowest BCUT2D eigenvalue weighted by molar-refractivity contribution is -0.137. The van der Waals surface area contributed by atoms with Crippen LogP contribution in [0.1, 0.15) is 17.5 Å². The Morgan fingerprint density at radius 1 is 1.25 bits per heavy atom. The molecular weight excluding hydrogens is 202 g/mol. The van der Waals surface area contributed by atoms with E-state index in [0.29, 0.717) is 6.54 Å². The summed E-state index contributed by atoms with van der Waals surface area (Å²) in [5.41, 5.74) is 3.58. The Bertz CT molecular complexity index is 540. The highest BCUT2D eigenvalue weighted by molar-refractivity contribution is 5.86. The quantitative estimate of drug-likeness (QED) is 0.858. The molecule has 16 heavy (non-hydrogen) atoms. The number of fused-ring (bicyclic) bond motifs is 1. The zero-order valence-electron chi connectivity index (χ0n) is 9.53.